The molecule has 1 fully saturated rings. The Hall–Kier alpha value is -1.26. The van der Waals surface area contributed by atoms with Crippen LogP contribution in [0.2, 0.25) is 0 Å². The summed E-state index contributed by atoms with van der Waals surface area (Å²) in [5, 5.41) is 0. The van der Waals surface area contributed by atoms with Crippen molar-refractivity contribution in [1.29, 1.82) is 0 Å². The Morgan fingerprint density at radius 1 is 1.24 bits per heavy atom. The zero-order chi connectivity index (χ0) is 15.2. The van der Waals surface area contributed by atoms with Crippen LogP contribution in [0, 0.1) is 11.7 Å². The van der Waals surface area contributed by atoms with E-state index in [1.54, 1.807) is 12.1 Å². The monoisotopic (exact) mass is 292 g/mol. The van der Waals surface area contributed by atoms with Crippen LogP contribution in [0.4, 0.5) is 4.39 Å². The van der Waals surface area contributed by atoms with Crippen molar-refractivity contribution in [3.8, 4) is 0 Å². The minimum atomic E-state index is -0.297. The summed E-state index contributed by atoms with van der Waals surface area (Å²) >= 11 is 0. The zero-order valence-electron chi connectivity index (χ0n) is 13.0. The highest BCUT2D eigenvalue weighted by Crippen LogP contribution is 2.18. The maximum atomic E-state index is 12.8. The van der Waals surface area contributed by atoms with Gasteiger partial charge in [0, 0.05) is 25.1 Å². The lowest BCUT2D eigenvalue weighted by molar-refractivity contribution is 0.0947. The van der Waals surface area contributed by atoms with Crippen LogP contribution in [-0.4, -0.2) is 55.9 Å². The maximum absolute atomic E-state index is 12.8. The van der Waals surface area contributed by atoms with E-state index < -0.39 is 0 Å². The van der Waals surface area contributed by atoms with Gasteiger partial charge in [0.15, 0.2) is 5.78 Å². The third-order valence-corrected chi connectivity index (χ3v) is 4.15. The highest BCUT2D eigenvalue weighted by Gasteiger charge is 2.20. The zero-order valence-corrected chi connectivity index (χ0v) is 13.0. The summed E-state index contributed by atoms with van der Waals surface area (Å²) in [5.74, 6) is 0.587. The number of nitrogens with zero attached hydrogens (tertiary/aromatic N) is 2. The molecule has 0 aromatic heterocycles. The molecule has 2 rings (SSSR count). The number of carbonyl (C=O) groups excluding carboxylic acids is 1. The molecule has 1 aromatic carbocycles. The summed E-state index contributed by atoms with van der Waals surface area (Å²) in [4.78, 5) is 16.7. The van der Waals surface area contributed by atoms with Gasteiger partial charge in [-0.2, -0.15) is 0 Å². The van der Waals surface area contributed by atoms with Crippen LogP contribution < -0.4 is 0 Å². The molecule has 0 bridgehead atoms. The van der Waals surface area contributed by atoms with Crippen LogP contribution in [0.5, 0.6) is 0 Å². The van der Waals surface area contributed by atoms with E-state index in [-0.39, 0.29) is 11.6 Å². The van der Waals surface area contributed by atoms with E-state index in [4.69, 9.17) is 0 Å². The van der Waals surface area contributed by atoms with E-state index in [2.05, 4.69) is 23.9 Å². The van der Waals surface area contributed by atoms with Gasteiger partial charge in [0.05, 0.1) is 0 Å². The first kappa shape index (κ1) is 16.1. The number of hydrogen-bond donors (Lipinski definition) is 0. The first-order valence-corrected chi connectivity index (χ1v) is 7.70. The lowest BCUT2D eigenvalue weighted by atomic mass is 9.96. The first-order valence-electron chi connectivity index (χ1n) is 7.70. The number of halogens is 1. The number of ketones is 1. The molecular formula is C17H25FN2O. The predicted molar refractivity (Wildman–Crippen MR) is 83.1 cm³/mol. The second kappa shape index (κ2) is 7.66. The number of benzene rings is 1. The molecule has 21 heavy (non-hydrogen) atoms. The van der Waals surface area contributed by atoms with E-state index in [9.17, 15) is 9.18 Å². The number of hydrogen-bond acceptors (Lipinski definition) is 3. The van der Waals surface area contributed by atoms with E-state index in [0.717, 1.165) is 32.1 Å². The molecular weight excluding hydrogens is 267 g/mol. The summed E-state index contributed by atoms with van der Waals surface area (Å²) in [7, 11) is 4.24. The number of likely N-dealkylation sites (tertiary alicyclic amines) is 1. The van der Waals surface area contributed by atoms with Crippen molar-refractivity contribution in [3.63, 3.8) is 0 Å². The number of Topliss-reactive ketones (excluding diaryl/α,β-unsaturated/α-hetero) is 1. The average Bonchev–Trinajstić information content (AvgIpc) is 2.46. The van der Waals surface area contributed by atoms with Gasteiger partial charge in [-0.15, -0.1) is 0 Å². The highest BCUT2D eigenvalue weighted by molar-refractivity contribution is 5.96. The molecule has 0 unspecified atom stereocenters. The smallest absolute Gasteiger partial charge is 0.164 e. The van der Waals surface area contributed by atoms with E-state index in [1.165, 1.54) is 25.0 Å². The first-order chi connectivity index (χ1) is 10.0. The van der Waals surface area contributed by atoms with Crippen molar-refractivity contribution in [2.75, 3.05) is 40.3 Å². The third kappa shape index (κ3) is 5.21. The maximum Gasteiger partial charge on any atom is 0.164 e. The average molecular weight is 292 g/mol. The molecule has 1 aliphatic heterocycles. The molecule has 0 spiro atoms. The Labute approximate surface area is 126 Å². The van der Waals surface area contributed by atoms with Gasteiger partial charge in [-0.1, -0.05) is 0 Å². The van der Waals surface area contributed by atoms with Gasteiger partial charge < -0.3 is 9.80 Å². The van der Waals surface area contributed by atoms with Crippen LogP contribution in [0.3, 0.4) is 0 Å². The van der Waals surface area contributed by atoms with Gasteiger partial charge in [0.25, 0.3) is 0 Å². The molecule has 1 saturated heterocycles. The number of piperidine rings is 1. The van der Waals surface area contributed by atoms with Gasteiger partial charge >= 0.3 is 0 Å². The largest absolute Gasteiger partial charge is 0.309 e. The molecule has 0 radical (unpaired) electrons. The number of rotatable bonds is 6. The fourth-order valence-corrected chi connectivity index (χ4v) is 2.95. The molecule has 1 aromatic rings. The minimum absolute atomic E-state index is 0.102. The van der Waals surface area contributed by atoms with Gasteiger partial charge in [-0.3, -0.25) is 4.79 Å². The summed E-state index contributed by atoms with van der Waals surface area (Å²) in [5.41, 5.74) is 0.610. The molecule has 1 aliphatic rings. The Morgan fingerprint density at radius 2 is 1.86 bits per heavy atom. The molecule has 116 valence electrons. The van der Waals surface area contributed by atoms with Gasteiger partial charge in [0.2, 0.25) is 0 Å². The van der Waals surface area contributed by atoms with Crippen LogP contribution in [0.1, 0.15) is 29.6 Å². The standard InChI is InChI=1S/C17H25FN2O/c1-19(2)13-14-7-10-20(11-8-14)12-9-17(21)15-3-5-16(18)6-4-15/h3-6,14H,7-13H2,1-2H3. The van der Waals surface area contributed by atoms with Crippen LogP contribution in [0.15, 0.2) is 24.3 Å². The van der Waals surface area contributed by atoms with Crippen molar-refractivity contribution >= 4 is 5.78 Å². The van der Waals surface area contributed by atoms with Crippen LogP contribution >= 0.6 is 0 Å². The highest BCUT2D eigenvalue weighted by atomic mass is 19.1. The number of carbonyl (C=O) groups is 1. The molecule has 4 heteroatoms. The van der Waals surface area contributed by atoms with Crippen LogP contribution in [-0.2, 0) is 0 Å². The fourth-order valence-electron chi connectivity index (χ4n) is 2.95. The van der Waals surface area contributed by atoms with Gasteiger partial charge in [0.1, 0.15) is 5.82 Å². The predicted octanol–water partition coefficient (Wildman–Crippen LogP) is 2.67. The normalized spacial score (nSPS) is 17.3. The third-order valence-electron chi connectivity index (χ3n) is 4.15. The van der Waals surface area contributed by atoms with E-state index in [0.29, 0.717) is 12.0 Å². The lowest BCUT2D eigenvalue weighted by Crippen LogP contribution is -2.38. The molecule has 0 saturated carbocycles. The summed E-state index contributed by atoms with van der Waals surface area (Å²) < 4.78 is 12.8. The fraction of sp³-hybridized carbons (Fsp3) is 0.588. The van der Waals surface area contributed by atoms with Crippen molar-refractivity contribution in [1.82, 2.24) is 9.80 Å². The Balaban J connectivity index is 1.72. The molecule has 0 N–H and O–H groups in total. The summed E-state index contributed by atoms with van der Waals surface area (Å²) in [6.45, 7) is 4.12. The summed E-state index contributed by atoms with van der Waals surface area (Å²) in [6, 6.07) is 5.84. The lowest BCUT2D eigenvalue weighted by Gasteiger charge is -2.33. The van der Waals surface area contributed by atoms with Crippen molar-refractivity contribution < 1.29 is 9.18 Å². The van der Waals surface area contributed by atoms with Crippen molar-refractivity contribution in [2.24, 2.45) is 5.92 Å². The van der Waals surface area contributed by atoms with Crippen molar-refractivity contribution in [2.45, 2.75) is 19.3 Å². The topological polar surface area (TPSA) is 23.6 Å². The van der Waals surface area contributed by atoms with E-state index in [1.807, 2.05) is 0 Å². The molecule has 0 aliphatic carbocycles. The Bertz CT molecular complexity index is 450. The second-order valence-corrected chi connectivity index (χ2v) is 6.23. The second-order valence-electron chi connectivity index (χ2n) is 6.23. The Morgan fingerprint density at radius 3 is 2.43 bits per heavy atom. The van der Waals surface area contributed by atoms with E-state index >= 15 is 0 Å². The van der Waals surface area contributed by atoms with Crippen LogP contribution in [0.25, 0.3) is 0 Å². The quantitative estimate of drug-likeness (QED) is 0.753. The molecule has 0 amide bonds. The molecule has 1 heterocycles. The van der Waals surface area contributed by atoms with Gasteiger partial charge in [-0.05, 0) is 70.2 Å². The SMILES string of the molecule is CN(C)CC1CCN(CCC(=O)c2ccc(F)cc2)CC1. The molecule has 0 atom stereocenters. The minimum Gasteiger partial charge on any atom is -0.309 e. The van der Waals surface area contributed by atoms with Gasteiger partial charge in [-0.25, -0.2) is 4.39 Å². The molecule has 3 nitrogen and oxygen atoms in total. The van der Waals surface area contributed by atoms with Crippen molar-refractivity contribution in [3.05, 3.63) is 35.6 Å². The summed E-state index contributed by atoms with van der Waals surface area (Å²) in [6.07, 6.45) is 2.94. The Kier molecular flexibility index (Phi) is 5.88.